The summed E-state index contributed by atoms with van der Waals surface area (Å²) < 4.78 is 2.96. The standard InChI is InChI=1S/C20H18N4O2S/c1-14-4-6-15(7-5-14)17-11-18-20(26)23(8-9-24(18)22-17)13-19(25)21-12-16-3-2-10-27-16/h2-11H,12-13H2,1H3,(H,21,25). The van der Waals surface area contributed by atoms with Gasteiger partial charge in [0.1, 0.15) is 12.1 Å². The molecule has 3 aromatic heterocycles. The number of hydrogen-bond acceptors (Lipinski definition) is 4. The summed E-state index contributed by atoms with van der Waals surface area (Å²) in [5, 5.41) is 9.27. The SMILES string of the molecule is Cc1ccc(-c2cc3c(=O)n(CC(=O)NCc4cccs4)ccn3n2)cc1. The topological polar surface area (TPSA) is 68.4 Å². The number of aryl methyl sites for hydroxylation is 1. The van der Waals surface area contributed by atoms with Gasteiger partial charge in [-0.2, -0.15) is 5.10 Å². The highest BCUT2D eigenvalue weighted by molar-refractivity contribution is 7.09. The van der Waals surface area contributed by atoms with Gasteiger partial charge in [-0.05, 0) is 24.4 Å². The average molecular weight is 378 g/mol. The van der Waals surface area contributed by atoms with Gasteiger partial charge in [0.05, 0.1) is 12.2 Å². The van der Waals surface area contributed by atoms with Gasteiger partial charge in [-0.15, -0.1) is 11.3 Å². The second kappa shape index (κ2) is 7.20. The third-order valence-corrected chi connectivity index (χ3v) is 5.18. The Hall–Kier alpha value is -3.19. The normalized spacial score (nSPS) is 11.0. The Morgan fingerprint density at radius 2 is 2.00 bits per heavy atom. The zero-order chi connectivity index (χ0) is 18.8. The van der Waals surface area contributed by atoms with Crippen molar-refractivity contribution in [2.24, 2.45) is 0 Å². The van der Waals surface area contributed by atoms with E-state index in [-0.39, 0.29) is 18.0 Å². The fourth-order valence-electron chi connectivity index (χ4n) is 2.83. The molecule has 4 rings (SSSR count). The Bertz CT molecular complexity index is 1140. The molecule has 6 nitrogen and oxygen atoms in total. The average Bonchev–Trinajstić information content (AvgIpc) is 3.33. The molecule has 0 saturated heterocycles. The molecule has 4 aromatic rings. The van der Waals surface area contributed by atoms with E-state index >= 15 is 0 Å². The summed E-state index contributed by atoms with van der Waals surface area (Å²) in [6.07, 6.45) is 3.28. The minimum atomic E-state index is -0.241. The highest BCUT2D eigenvalue weighted by atomic mass is 32.1. The van der Waals surface area contributed by atoms with Gasteiger partial charge in [-0.25, -0.2) is 4.52 Å². The highest BCUT2D eigenvalue weighted by Gasteiger charge is 2.11. The largest absolute Gasteiger partial charge is 0.350 e. The second-order valence-corrected chi connectivity index (χ2v) is 7.34. The lowest BCUT2D eigenvalue weighted by atomic mass is 10.1. The van der Waals surface area contributed by atoms with Crippen molar-refractivity contribution in [2.45, 2.75) is 20.0 Å². The van der Waals surface area contributed by atoms with Gasteiger partial charge in [0, 0.05) is 22.8 Å². The van der Waals surface area contributed by atoms with Crippen LogP contribution in [0.2, 0.25) is 0 Å². The smallest absolute Gasteiger partial charge is 0.277 e. The quantitative estimate of drug-likeness (QED) is 0.581. The van der Waals surface area contributed by atoms with E-state index in [1.165, 1.54) is 10.1 Å². The molecule has 0 bridgehead atoms. The molecule has 0 aliphatic rings. The van der Waals surface area contributed by atoms with Crippen LogP contribution in [0.3, 0.4) is 0 Å². The van der Waals surface area contributed by atoms with Crippen molar-refractivity contribution < 1.29 is 4.79 Å². The fourth-order valence-corrected chi connectivity index (χ4v) is 3.47. The maximum Gasteiger partial charge on any atom is 0.277 e. The van der Waals surface area contributed by atoms with E-state index in [9.17, 15) is 9.59 Å². The first kappa shape index (κ1) is 17.2. The molecule has 136 valence electrons. The van der Waals surface area contributed by atoms with Crippen molar-refractivity contribution in [3.8, 4) is 11.3 Å². The molecule has 1 N–H and O–H groups in total. The maximum atomic E-state index is 12.7. The molecule has 0 aliphatic carbocycles. The van der Waals surface area contributed by atoms with Crippen molar-refractivity contribution in [3.05, 3.63) is 81.0 Å². The summed E-state index contributed by atoms with van der Waals surface area (Å²) >= 11 is 1.58. The third kappa shape index (κ3) is 3.68. The number of rotatable bonds is 5. The summed E-state index contributed by atoms with van der Waals surface area (Å²) in [5.74, 6) is -0.201. The lowest BCUT2D eigenvalue weighted by molar-refractivity contribution is -0.121. The first-order valence-corrected chi connectivity index (χ1v) is 9.43. The minimum absolute atomic E-state index is 0.0221. The van der Waals surface area contributed by atoms with Crippen LogP contribution in [0.15, 0.2) is 65.0 Å². The lowest BCUT2D eigenvalue weighted by Gasteiger charge is -2.06. The Labute approximate surface area is 159 Å². The number of nitrogens with one attached hydrogen (secondary N) is 1. The van der Waals surface area contributed by atoms with Crippen molar-refractivity contribution in [1.82, 2.24) is 19.5 Å². The van der Waals surface area contributed by atoms with Crippen molar-refractivity contribution in [3.63, 3.8) is 0 Å². The number of amides is 1. The van der Waals surface area contributed by atoms with Gasteiger partial charge in [-0.3, -0.25) is 9.59 Å². The van der Waals surface area contributed by atoms with Gasteiger partial charge >= 0.3 is 0 Å². The van der Waals surface area contributed by atoms with E-state index in [4.69, 9.17) is 0 Å². The van der Waals surface area contributed by atoms with Crippen LogP contribution in [0.25, 0.3) is 16.8 Å². The molecule has 1 aromatic carbocycles. The van der Waals surface area contributed by atoms with Crippen LogP contribution in [0.4, 0.5) is 0 Å². The Balaban J connectivity index is 1.55. The molecule has 0 unspecified atom stereocenters. The Kier molecular flexibility index (Phi) is 4.60. The van der Waals surface area contributed by atoms with E-state index in [0.717, 1.165) is 16.1 Å². The Morgan fingerprint density at radius 3 is 2.74 bits per heavy atom. The lowest BCUT2D eigenvalue weighted by Crippen LogP contribution is -2.32. The molecule has 1 amide bonds. The molecular weight excluding hydrogens is 360 g/mol. The number of carbonyl (C=O) groups is 1. The van der Waals surface area contributed by atoms with Gasteiger partial charge in [0.25, 0.3) is 5.56 Å². The summed E-state index contributed by atoms with van der Waals surface area (Å²) in [5.41, 5.74) is 3.04. The third-order valence-electron chi connectivity index (χ3n) is 4.30. The molecule has 0 atom stereocenters. The first-order chi connectivity index (χ1) is 13.1. The van der Waals surface area contributed by atoms with Crippen LogP contribution < -0.4 is 10.9 Å². The van der Waals surface area contributed by atoms with Gasteiger partial charge < -0.3 is 9.88 Å². The highest BCUT2D eigenvalue weighted by Crippen LogP contribution is 2.18. The van der Waals surface area contributed by atoms with E-state index < -0.39 is 0 Å². The summed E-state index contributed by atoms with van der Waals surface area (Å²) in [4.78, 5) is 26.0. The Morgan fingerprint density at radius 1 is 1.19 bits per heavy atom. The predicted octanol–water partition coefficient (Wildman–Crippen LogP) is 2.85. The van der Waals surface area contributed by atoms with E-state index in [2.05, 4.69) is 10.4 Å². The van der Waals surface area contributed by atoms with Crippen molar-refractivity contribution >= 4 is 22.8 Å². The second-order valence-electron chi connectivity index (χ2n) is 6.31. The number of thiophene rings is 1. The zero-order valence-electron chi connectivity index (χ0n) is 14.8. The molecule has 27 heavy (non-hydrogen) atoms. The molecule has 3 heterocycles. The van der Waals surface area contributed by atoms with Crippen molar-refractivity contribution in [1.29, 1.82) is 0 Å². The molecular formula is C20H18N4O2S. The molecule has 0 spiro atoms. The minimum Gasteiger partial charge on any atom is -0.350 e. The van der Waals surface area contributed by atoms with Gasteiger partial charge in [-0.1, -0.05) is 35.9 Å². The number of fused-ring (bicyclic) bond motifs is 1. The number of aromatic nitrogens is 3. The summed E-state index contributed by atoms with van der Waals surface area (Å²) in [6.45, 7) is 2.47. The zero-order valence-corrected chi connectivity index (χ0v) is 15.6. The number of carbonyl (C=O) groups excluding carboxylic acids is 1. The molecule has 0 radical (unpaired) electrons. The predicted molar refractivity (Wildman–Crippen MR) is 106 cm³/mol. The van der Waals surface area contributed by atoms with Crippen LogP contribution >= 0.6 is 11.3 Å². The summed E-state index contributed by atoms with van der Waals surface area (Å²) in [6, 6.07) is 13.6. The van der Waals surface area contributed by atoms with E-state index in [1.807, 2.05) is 48.7 Å². The molecule has 0 aliphatic heterocycles. The summed E-state index contributed by atoms with van der Waals surface area (Å²) in [7, 11) is 0. The van der Waals surface area contributed by atoms with E-state index in [1.54, 1.807) is 34.3 Å². The number of hydrogen-bond donors (Lipinski definition) is 1. The van der Waals surface area contributed by atoms with Crippen LogP contribution in [0.5, 0.6) is 0 Å². The van der Waals surface area contributed by atoms with Crippen LogP contribution in [-0.4, -0.2) is 20.1 Å². The molecule has 0 saturated carbocycles. The molecule has 7 heteroatoms. The maximum absolute atomic E-state index is 12.7. The van der Waals surface area contributed by atoms with Crippen LogP contribution in [0, 0.1) is 6.92 Å². The monoisotopic (exact) mass is 378 g/mol. The fraction of sp³-hybridized carbons (Fsp3) is 0.150. The molecule has 0 fully saturated rings. The first-order valence-electron chi connectivity index (χ1n) is 8.55. The van der Waals surface area contributed by atoms with E-state index in [0.29, 0.717) is 12.1 Å². The van der Waals surface area contributed by atoms with Gasteiger partial charge in [0.15, 0.2) is 0 Å². The van der Waals surface area contributed by atoms with Gasteiger partial charge in [0.2, 0.25) is 5.91 Å². The number of benzene rings is 1. The number of nitrogens with zero attached hydrogens (tertiary/aromatic N) is 3. The van der Waals surface area contributed by atoms with Crippen molar-refractivity contribution in [2.75, 3.05) is 0 Å². The van der Waals surface area contributed by atoms with Crippen LogP contribution in [0.1, 0.15) is 10.4 Å². The van der Waals surface area contributed by atoms with Crippen LogP contribution in [-0.2, 0) is 17.9 Å².